The molecule has 0 aliphatic rings. The Balaban J connectivity index is 3.17. The first-order chi connectivity index (χ1) is 6.15. The van der Waals surface area contributed by atoms with Crippen molar-refractivity contribution in [2.45, 2.75) is 6.92 Å². The summed E-state index contributed by atoms with van der Waals surface area (Å²) in [6, 6.07) is 4.89. The summed E-state index contributed by atoms with van der Waals surface area (Å²) >= 11 is 0. The summed E-state index contributed by atoms with van der Waals surface area (Å²) in [5, 5.41) is 8.77. The molecule has 3 nitrogen and oxygen atoms in total. The lowest BCUT2D eigenvalue weighted by molar-refractivity contribution is 0.0694. The molecule has 0 saturated heterocycles. The van der Waals surface area contributed by atoms with E-state index in [0.29, 0.717) is 5.75 Å². The van der Waals surface area contributed by atoms with Crippen LogP contribution in [0.2, 0.25) is 0 Å². The molecule has 0 bridgehead atoms. The second kappa shape index (κ2) is 3.76. The van der Waals surface area contributed by atoms with E-state index in [0.717, 1.165) is 5.56 Å². The number of ether oxygens (including phenoxy) is 1. The molecule has 1 rings (SSSR count). The average Bonchev–Trinajstić information content (AvgIpc) is 2.04. The van der Waals surface area contributed by atoms with Crippen LogP contribution in [0.25, 0.3) is 0 Å². The summed E-state index contributed by atoms with van der Waals surface area (Å²) in [5.74, 6) is -0.681. The van der Waals surface area contributed by atoms with Gasteiger partial charge < -0.3 is 9.84 Å². The van der Waals surface area contributed by atoms with Crippen molar-refractivity contribution in [1.29, 1.82) is 0 Å². The van der Waals surface area contributed by atoms with Crippen LogP contribution in [-0.2, 0) is 0 Å². The lowest BCUT2D eigenvalue weighted by Crippen LogP contribution is -1.99. The minimum absolute atomic E-state index is 0.144. The molecule has 0 amide bonds. The van der Waals surface area contributed by atoms with Gasteiger partial charge in [-0.2, -0.15) is 0 Å². The zero-order valence-corrected chi connectivity index (χ0v) is 7.28. The lowest BCUT2D eigenvalue weighted by Gasteiger charge is -2.04. The lowest BCUT2D eigenvalue weighted by atomic mass is 10.1. The molecule has 1 aromatic carbocycles. The van der Waals surface area contributed by atoms with Crippen molar-refractivity contribution in [2.75, 3.05) is 0 Å². The van der Waals surface area contributed by atoms with Crippen molar-refractivity contribution in [3.63, 3.8) is 0 Å². The van der Waals surface area contributed by atoms with Crippen molar-refractivity contribution < 1.29 is 14.6 Å². The number of aryl methyl sites for hydroxylation is 1. The molecule has 0 spiro atoms. The molecule has 3 heteroatoms. The van der Waals surface area contributed by atoms with Crippen molar-refractivity contribution in [3.05, 3.63) is 42.2 Å². The standard InChI is InChI=1S/C10H10O3/c1-3-13-9-6-7(2)4-5-8(9)10(11)12/h3-6H,1H2,2H3,(H,11,12). The van der Waals surface area contributed by atoms with Crippen LogP contribution in [0.3, 0.4) is 0 Å². The highest BCUT2D eigenvalue weighted by atomic mass is 16.5. The molecule has 68 valence electrons. The fraction of sp³-hybridized carbons (Fsp3) is 0.100. The van der Waals surface area contributed by atoms with E-state index in [9.17, 15) is 4.79 Å². The Morgan fingerprint density at radius 2 is 2.31 bits per heavy atom. The number of carboxylic acid groups (broad SMARTS) is 1. The van der Waals surface area contributed by atoms with E-state index in [-0.39, 0.29) is 5.56 Å². The first-order valence-corrected chi connectivity index (χ1v) is 3.76. The van der Waals surface area contributed by atoms with Crippen LogP contribution >= 0.6 is 0 Å². The number of rotatable bonds is 3. The van der Waals surface area contributed by atoms with Gasteiger partial charge >= 0.3 is 5.97 Å². The van der Waals surface area contributed by atoms with Crippen LogP contribution < -0.4 is 4.74 Å². The third kappa shape index (κ3) is 2.08. The largest absolute Gasteiger partial charge is 0.478 e. The number of carboxylic acids is 1. The molecule has 0 saturated carbocycles. The normalized spacial score (nSPS) is 9.31. The Bertz CT molecular complexity index is 342. The van der Waals surface area contributed by atoms with Gasteiger partial charge in [0.05, 0.1) is 6.26 Å². The molecule has 0 unspecified atom stereocenters. The van der Waals surface area contributed by atoms with Gasteiger partial charge in [0.1, 0.15) is 11.3 Å². The molecule has 0 aliphatic heterocycles. The smallest absolute Gasteiger partial charge is 0.339 e. The molecular weight excluding hydrogens is 168 g/mol. The van der Waals surface area contributed by atoms with Crippen LogP contribution in [0.1, 0.15) is 15.9 Å². The number of benzene rings is 1. The van der Waals surface area contributed by atoms with E-state index in [2.05, 4.69) is 6.58 Å². The SMILES string of the molecule is C=COc1cc(C)ccc1C(=O)O. The predicted molar refractivity (Wildman–Crippen MR) is 49.0 cm³/mol. The molecule has 0 radical (unpaired) electrons. The Labute approximate surface area is 76.3 Å². The van der Waals surface area contributed by atoms with Crippen LogP contribution in [0, 0.1) is 6.92 Å². The Morgan fingerprint density at radius 3 is 2.85 bits per heavy atom. The Hall–Kier alpha value is -1.77. The second-order valence-corrected chi connectivity index (χ2v) is 2.59. The van der Waals surface area contributed by atoms with E-state index in [4.69, 9.17) is 9.84 Å². The van der Waals surface area contributed by atoms with Crippen molar-refractivity contribution in [2.24, 2.45) is 0 Å². The van der Waals surface area contributed by atoms with E-state index < -0.39 is 5.97 Å². The molecule has 0 fully saturated rings. The average molecular weight is 178 g/mol. The Kier molecular flexibility index (Phi) is 2.69. The highest BCUT2D eigenvalue weighted by Gasteiger charge is 2.09. The predicted octanol–water partition coefficient (Wildman–Crippen LogP) is 2.22. The quantitative estimate of drug-likeness (QED) is 0.722. The highest BCUT2D eigenvalue weighted by molar-refractivity contribution is 5.91. The van der Waals surface area contributed by atoms with Gasteiger partial charge in [-0.05, 0) is 24.6 Å². The zero-order chi connectivity index (χ0) is 9.84. The number of carbonyl (C=O) groups is 1. The minimum atomic E-state index is -1.00. The van der Waals surface area contributed by atoms with Gasteiger partial charge in [0.2, 0.25) is 0 Å². The first-order valence-electron chi connectivity index (χ1n) is 3.76. The summed E-state index contributed by atoms with van der Waals surface area (Å²) in [6.45, 7) is 5.23. The van der Waals surface area contributed by atoms with Gasteiger partial charge in [-0.3, -0.25) is 0 Å². The number of aromatic carboxylic acids is 1. The number of hydrogen-bond donors (Lipinski definition) is 1. The summed E-state index contributed by atoms with van der Waals surface area (Å²) in [7, 11) is 0. The monoisotopic (exact) mass is 178 g/mol. The van der Waals surface area contributed by atoms with E-state index in [1.165, 1.54) is 12.3 Å². The molecule has 0 heterocycles. The zero-order valence-electron chi connectivity index (χ0n) is 7.28. The first kappa shape index (κ1) is 9.32. The summed E-state index contributed by atoms with van der Waals surface area (Å²) < 4.78 is 4.96. The highest BCUT2D eigenvalue weighted by Crippen LogP contribution is 2.20. The minimum Gasteiger partial charge on any atom is -0.478 e. The van der Waals surface area contributed by atoms with E-state index in [1.807, 2.05) is 6.92 Å². The van der Waals surface area contributed by atoms with E-state index >= 15 is 0 Å². The van der Waals surface area contributed by atoms with Crippen LogP contribution in [-0.4, -0.2) is 11.1 Å². The maximum absolute atomic E-state index is 10.7. The van der Waals surface area contributed by atoms with Crippen molar-refractivity contribution in [3.8, 4) is 5.75 Å². The van der Waals surface area contributed by atoms with Crippen LogP contribution in [0.15, 0.2) is 31.0 Å². The molecular formula is C10H10O3. The molecule has 13 heavy (non-hydrogen) atoms. The maximum atomic E-state index is 10.7. The number of hydrogen-bond acceptors (Lipinski definition) is 2. The maximum Gasteiger partial charge on any atom is 0.339 e. The van der Waals surface area contributed by atoms with Crippen LogP contribution in [0.4, 0.5) is 0 Å². The molecule has 0 atom stereocenters. The van der Waals surface area contributed by atoms with E-state index in [1.54, 1.807) is 12.1 Å². The summed E-state index contributed by atoms with van der Waals surface area (Å²) in [6.07, 6.45) is 1.21. The fourth-order valence-corrected chi connectivity index (χ4v) is 0.994. The van der Waals surface area contributed by atoms with Gasteiger partial charge in [0.15, 0.2) is 0 Å². The third-order valence-corrected chi connectivity index (χ3v) is 1.58. The molecule has 1 aromatic rings. The second-order valence-electron chi connectivity index (χ2n) is 2.59. The van der Waals surface area contributed by atoms with Gasteiger partial charge in [-0.25, -0.2) is 4.79 Å². The molecule has 1 N–H and O–H groups in total. The molecule has 0 aromatic heterocycles. The Morgan fingerprint density at radius 1 is 1.62 bits per heavy atom. The summed E-state index contributed by atoms with van der Waals surface area (Å²) in [4.78, 5) is 10.7. The summed E-state index contributed by atoms with van der Waals surface area (Å²) in [5.41, 5.74) is 1.09. The van der Waals surface area contributed by atoms with Gasteiger partial charge in [-0.15, -0.1) is 0 Å². The molecule has 0 aliphatic carbocycles. The van der Waals surface area contributed by atoms with Gasteiger partial charge in [0.25, 0.3) is 0 Å². The topological polar surface area (TPSA) is 46.5 Å². The fourth-order valence-electron chi connectivity index (χ4n) is 0.994. The van der Waals surface area contributed by atoms with Gasteiger partial charge in [0, 0.05) is 0 Å². The van der Waals surface area contributed by atoms with Gasteiger partial charge in [-0.1, -0.05) is 12.6 Å². The third-order valence-electron chi connectivity index (χ3n) is 1.58. The van der Waals surface area contributed by atoms with Crippen molar-refractivity contribution >= 4 is 5.97 Å². The van der Waals surface area contributed by atoms with Crippen LogP contribution in [0.5, 0.6) is 5.75 Å². The van der Waals surface area contributed by atoms with Crippen molar-refractivity contribution in [1.82, 2.24) is 0 Å².